The molecule has 1 aromatic carbocycles. The van der Waals surface area contributed by atoms with Crippen LogP contribution < -0.4 is 10.6 Å². The highest BCUT2D eigenvalue weighted by molar-refractivity contribution is 7.89. The third-order valence-corrected chi connectivity index (χ3v) is 7.07. The van der Waals surface area contributed by atoms with Crippen LogP contribution in [-0.2, 0) is 26.0 Å². The quantitative estimate of drug-likeness (QED) is 0.676. The number of carbonyl (C=O) groups excluding carboxylic acids is 1. The van der Waals surface area contributed by atoms with Gasteiger partial charge < -0.3 is 15.4 Å². The molecule has 0 radical (unpaired) electrons. The second-order valence-corrected chi connectivity index (χ2v) is 9.11. The smallest absolute Gasteiger partial charge is 0.243 e. The Bertz CT molecular complexity index is 715. The lowest BCUT2D eigenvalue weighted by Gasteiger charge is -2.26. The van der Waals surface area contributed by atoms with Gasteiger partial charge in [-0.25, -0.2) is 8.42 Å². The molecule has 1 amide bonds. The standard InChI is InChI=1S/C19H29N3O4S.ClH/c23-19(21-15-17-2-1-9-20-14-17)8-5-16-3-6-18(7-4-16)27(24,25)22-10-12-26-13-11-22;/h3-4,6-7,17,20H,1-2,5,8-15H2,(H,21,23);1H. The first-order valence-electron chi connectivity index (χ1n) is 9.70. The molecule has 9 heteroatoms. The normalized spacial score (nSPS) is 20.9. The summed E-state index contributed by atoms with van der Waals surface area (Å²) in [5.74, 6) is 0.568. The van der Waals surface area contributed by atoms with Crippen molar-refractivity contribution in [2.24, 2.45) is 5.92 Å². The van der Waals surface area contributed by atoms with Crippen molar-refractivity contribution in [2.45, 2.75) is 30.6 Å². The van der Waals surface area contributed by atoms with Gasteiger partial charge in [-0.15, -0.1) is 12.4 Å². The second kappa shape index (κ2) is 11.1. The predicted octanol–water partition coefficient (Wildman–Crippen LogP) is 1.18. The number of amides is 1. The molecule has 1 unspecified atom stereocenters. The molecule has 0 saturated carbocycles. The maximum atomic E-state index is 12.6. The lowest BCUT2D eigenvalue weighted by atomic mass is 10.00. The SMILES string of the molecule is Cl.O=C(CCc1ccc(S(=O)(=O)N2CCOCC2)cc1)NCC1CCCNC1. The van der Waals surface area contributed by atoms with E-state index in [2.05, 4.69) is 10.6 Å². The van der Waals surface area contributed by atoms with Crippen molar-refractivity contribution in [3.05, 3.63) is 29.8 Å². The molecular formula is C19H30ClN3O4S. The molecule has 2 saturated heterocycles. The summed E-state index contributed by atoms with van der Waals surface area (Å²) < 4.78 is 31.9. The number of carbonyl (C=O) groups is 1. The average Bonchev–Trinajstić information content (AvgIpc) is 2.72. The Morgan fingerprint density at radius 2 is 1.93 bits per heavy atom. The molecule has 2 fully saturated rings. The number of hydrogen-bond donors (Lipinski definition) is 2. The van der Waals surface area contributed by atoms with Crippen LogP contribution in [0.25, 0.3) is 0 Å². The van der Waals surface area contributed by atoms with Gasteiger partial charge >= 0.3 is 0 Å². The summed E-state index contributed by atoms with van der Waals surface area (Å²) in [5, 5.41) is 6.35. The second-order valence-electron chi connectivity index (χ2n) is 7.18. The highest BCUT2D eigenvalue weighted by Gasteiger charge is 2.26. The van der Waals surface area contributed by atoms with Gasteiger partial charge in [0.1, 0.15) is 0 Å². The predicted molar refractivity (Wildman–Crippen MR) is 110 cm³/mol. The summed E-state index contributed by atoms with van der Waals surface area (Å²) >= 11 is 0. The average molecular weight is 432 g/mol. The Kier molecular flexibility index (Phi) is 9.17. The maximum absolute atomic E-state index is 12.6. The van der Waals surface area contributed by atoms with Crippen LogP contribution in [0.4, 0.5) is 0 Å². The molecule has 2 aliphatic heterocycles. The van der Waals surface area contributed by atoms with E-state index in [0.717, 1.165) is 31.6 Å². The third-order valence-electron chi connectivity index (χ3n) is 5.16. The molecule has 0 spiro atoms. The van der Waals surface area contributed by atoms with Crippen molar-refractivity contribution in [3.8, 4) is 0 Å². The molecule has 2 aliphatic rings. The summed E-state index contributed by atoms with van der Waals surface area (Å²) in [5.41, 5.74) is 0.963. The zero-order chi connectivity index (χ0) is 19.1. The van der Waals surface area contributed by atoms with Crippen LogP contribution in [0, 0.1) is 5.92 Å². The summed E-state index contributed by atoms with van der Waals surface area (Å²) in [6, 6.07) is 6.86. The lowest BCUT2D eigenvalue weighted by Crippen LogP contribution is -2.40. The largest absolute Gasteiger partial charge is 0.379 e. The lowest BCUT2D eigenvalue weighted by molar-refractivity contribution is -0.121. The van der Waals surface area contributed by atoms with Gasteiger partial charge in [0.05, 0.1) is 18.1 Å². The van der Waals surface area contributed by atoms with Crippen LogP contribution in [-0.4, -0.2) is 64.6 Å². The first-order valence-corrected chi connectivity index (χ1v) is 11.1. The van der Waals surface area contributed by atoms with Crippen LogP contribution >= 0.6 is 12.4 Å². The van der Waals surface area contributed by atoms with Crippen molar-refractivity contribution in [3.63, 3.8) is 0 Å². The van der Waals surface area contributed by atoms with E-state index in [1.807, 2.05) is 0 Å². The van der Waals surface area contributed by atoms with Gasteiger partial charge in [0.25, 0.3) is 0 Å². The van der Waals surface area contributed by atoms with Crippen molar-refractivity contribution < 1.29 is 17.9 Å². The summed E-state index contributed by atoms with van der Waals surface area (Å²) in [4.78, 5) is 12.3. The highest BCUT2D eigenvalue weighted by Crippen LogP contribution is 2.18. The van der Waals surface area contributed by atoms with E-state index < -0.39 is 10.0 Å². The molecule has 3 rings (SSSR count). The molecule has 2 heterocycles. The third kappa shape index (κ3) is 6.42. The van der Waals surface area contributed by atoms with Crippen LogP contribution in [0.5, 0.6) is 0 Å². The molecular weight excluding hydrogens is 402 g/mol. The molecule has 0 aliphatic carbocycles. The number of aryl methyl sites for hydroxylation is 1. The summed E-state index contributed by atoms with van der Waals surface area (Å²) in [6.45, 7) is 4.41. The van der Waals surface area contributed by atoms with Gasteiger partial charge in [0, 0.05) is 26.1 Å². The molecule has 28 heavy (non-hydrogen) atoms. The fourth-order valence-corrected chi connectivity index (χ4v) is 4.87. The fraction of sp³-hybridized carbons (Fsp3) is 0.632. The van der Waals surface area contributed by atoms with Crippen molar-refractivity contribution in [1.82, 2.24) is 14.9 Å². The van der Waals surface area contributed by atoms with Crippen molar-refractivity contribution in [1.29, 1.82) is 0 Å². The van der Waals surface area contributed by atoms with E-state index in [0.29, 0.717) is 50.0 Å². The Labute approximate surface area is 173 Å². The van der Waals surface area contributed by atoms with E-state index in [1.165, 1.54) is 10.7 Å². The monoisotopic (exact) mass is 431 g/mol. The Balaban J connectivity index is 0.00000280. The minimum atomic E-state index is -3.46. The maximum Gasteiger partial charge on any atom is 0.243 e. The minimum Gasteiger partial charge on any atom is -0.379 e. The van der Waals surface area contributed by atoms with E-state index in [4.69, 9.17) is 4.74 Å². The topological polar surface area (TPSA) is 87.7 Å². The number of piperidine rings is 1. The number of hydrogen-bond acceptors (Lipinski definition) is 5. The van der Waals surface area contributed by atoms with Gasteiger partial charge in [-0.05, 0) is 56.0 Å². The molecule has 1 atom stereocenters. The zero-order valence-corrected chi connectivity index (χ0v) is 17.7. The van der Waals surface area contributed by atoms with Gasteiger partial charge in [0.2, 0.25) is 15.9 Å². The first-order chi connectivity index (χ1) is 13.1. The zero-order valence-electron chi connectivity index (χ0n) is 16.1. The number of morpholine rings is 1. The van der Waals surface area contributed by atoms with Gasteiger partial charge in [-0.3, -0.25) is 4.79 Å². The number of sulfonamides is 1. The van der Waals surface area contributed by atoms with Crippen LogP contribution in [0.15, 0.2) is 29.2 Å². The number of ether oxygens (including phenoxy) is 1. The summed E-state index contributed by atoms with van der Waals surface area (Å²) in [6.07, 6.45) is 3.34. The minimum absolute atomic E-state index is 0. The number of rotatable bonds is 7. The van der Waals surface area contributed by atoms with Crippen LogP contribution in [0.2, 0.25) is 0 Å². The Morgan fingerprint density at radius 3 is 2.57 bits per heavy atom. The molecule has 158 valence electrons. The number of halogens is 1. The van der Waals surface area contributed by atoms with Gasteiger partial charge in [0.15, 0.2) is 0 Å². The first kappa shape index (κ1) is 23.1. The molecule has 1 aromatic rings. The number of nitrogens with one attached hydrogen (secondary N) is 2. The Morgan fingerprint density at radius 1 is 1.21 bits per heavy atom. The van der Waals surface area contributed by atoms with Gasteiger partial charge in [-0.2, -0.15) is 4.31 Å². The van der Waals surface area contributed by atoms with Crippen molar-refractivity contribution >= 4 is 28.3 Å². The van der Waals surface area contributed by atoms with Crippen LogP contribution in [0.1, 0.15) is 24.8 Å². The molecule has 0 aromatic heterocycles. The molecule has 0 bridgehead atoms. The number of benzene rings is 1. The van der Waals surface area contributed by atoms with E-state index in [9.17, 15) is 13.2 Å². The Hall–Kier alpha value is -1.19. The van der Waals surface area contributed by atoms with E-state index in [-0.39, 0.29) is 18.3 Å². The van der Waals surface area contributed by atoms with Crippen LogP contribution in [0.3, 0.4) is 0 Å². The molecule has 7 nitrogen and oxygen atoms in total. The highest BCUT2D eigenvalue weighted by atomic mass is 35.5. The van der Waals surface area contributed by atoms with Gasteiger partial charge in [-0.1, -0.05) is 12.1 Å². The van der Waals surface area contributed by atoms with E-state index in [1.54, 1.807) is 24.3 Å². The van der Waals surface area contributed by atoms with Crippen molar-refractivity contribution in [2.75, 3.05) is 45.9 Å². The number of nitrogens with zero attached hydrogens (tertiary/aromatic N) is 1. The summed E-state index contributed by atoms with van der Waals surface area (Å²) in [7, 11) is -3.46. The fourth-order valence-electron chi connectivity index (χ4n) is 3.47. The van der Waals surface area contributed by atoms with E-state index >= 15 is 0 Å². The molecule has 2 N–H and O–H groups in total.